The highest BCUT2D eigenvalue weighted by atomic mass is 79.9. The first-order chi connectivity index (χ1) is 11.1. The van der Waals surface area contributed by atoms with Crippen molar-refractivity contribution in [2.75, 3.05) is 13.6 Å². The molecule has 0 saturated heterocycles. The first-order valence-electron chi connectivity index (χ1n) is 7.36. The number of nitrogens with zero attached hydrogens (tertiary/aromatic N) is 1. The molecule has 1 aromatic heterocycles. The maximum absolute atomic E-state index is 12.1. The zero-order valence-corrected chi connectivity index (χ0v) is 14.5. The number of hydrogen-bond donors (Lipinski definition) is 1. The van der Waals surface area contributed by atoms with Crippen molar-refractivity contribution in [2.45, 2.75) is 19.4 Å². The van der Waals surface area contributed by atoms with Gasteiger partial charge in [0.25, 0.3) is 5.91 Å². The van der Waals surface area contributed by atoms with Crippen LogP contribution in [-0.2, 0) is 11.3 Å². The molecule has 0 spiro atoms. The summed E-state index contributed by atoms with van der Waals surface area (Å²) in [5, 5.41) is 2.73. The van der Waals surface area contributed by atoms with E-state index >= 15 is 0 Å². The number of benzene rings is 1. The lowest BCUT2D eigenvalue weighted by Crippen LogP contribution is -2.28. The second-order valence-electron chi connectivity index (χ2n) is 5.21. The molecule has 0 unspecified atom stereocenters. The Morgan fingerprint density at radius 1 is 1.22 bits per heavy atom. The molecule has 0 fully saturated rings. The maximum Gasteiger partial charge on any atom is 0.286 e. The van der Waals surface area contributed by atoms with Gasteiger partial charge in [-0.05, 0) is 36.2 Å². The fourth-order valence-electron chi connectivity index (χ4n) is 2.08. The summed E-state index contributed by atoms with van der Waals surface area (Å²) in [6.45, 7) is 1.02. The first-order valence-corrected chi connectivity index (χ1v) is 8.15. The molecule has 6 heteroatoms. The number of furan rings is 1. The summed E-state index contributed by atoms with van der Waals surface area (Å²) >= 11 is 3.39. The molecule has 2 amide bonds. The van der Waals surface area contributed by atoms with Gasteiger partial charge in [-0.1, -0.05) is 28.1 Å². The third-order valence-electron chi connectivity index (χ3n) is 3.36. The van der Waals surface area contributed by atoms with Crippen molar-refractivity contribution in [3.05, 3.63) is 58.5 Å². The minimum Gasteiger partial charge on any atom is -0.459 e. The average molecular weight is 379 g/mol. The van der Waals surface area contributed by atoms with Crippen molar-refractivity contribution in [3.8, 4) is 0 Å². The Hall–Kier alpha value is -2.08. The molecule has 0 atom stereocenters. The first kappa shape index (κ1) is 17.3. The minimum absolute atomic E-state index is 0.0557. The lowest BCUT2D eigenvalue weighted by Gasteiger charge is -2.17. The molecule has 0 radical (unpaired) electrons. The van der Waals surface area contributed by atoms with Crippen molar-refractivity contribution < 1.29 is 14.0 Å². The van der Waals surface area contributed by atoms with Crippen LogP contribution in [0.25, 0.3) is 0 Å². The highest BCUT2D eigenvalue weighted by Gasteiger charge is 2.10. The van der Waals surface area contributed by atoms with Gasteiger partial charge >= 0.3 is 0 Å². The summed E-state index contributed by atoms with van der Waals surface area (Å²) in [5.74, 6) is 0.0783. The third-order valence-corrected chi connectivity index (χ3v) is 3.89. The van der Waals surface area contributed by atoms with E-state index in [9.17, 15) is 9.59 Å². The summed E-state index contributed by atoms with van der Waals surface area (Å²) in [7, 11) is 1.78. The van der Waals surface area contributed by atoms with E-state index in [4.69, 9.17) is 4.42 Å². The Morgan fingerprint density at radius 3 is 2.61 bits per heavy atom. The highest BCUT2D eigenvalue weighted by molar-refractivity contribution is 9.10. The van der Waals surface area contributed by atoms with Crippen molar-refractivity contribution in [2.24, 2.45) is 0 Å². The van der Waals surface area contributed by atoms with E-state index in [0.717, 1.165) is 10.0 Å². The Morgan fingerprint density at radius 2 is 1.96 bits per heavy atom. The van der Waals surface area contributed by atoms with Crippen molar-refractivity contribution in [1.82, 2.24) is 10.2 Å². The van der Waals surface area contributed by atoms with Gasteiger partial charge in [-0.3, -0.25) is 9.59 Å². The van der Waals surface area contributed by atoms with E-state index in [-0.39, 0.29) is 17.6 Å². The molecule has 23 heavy (non-hydrogen) atoms. The number of carbonyl (C=O) groups is 2. The number of nitrogens with one attached hydrogen (secondary N) is 1. The fourth-order valence-corrected chi connectivity index (χ4v) is 2.34. The van der Waals surface area contributed by atoms with Crippen LogP contribution in [0.4, 0.5) is 0 Å². The normalized spacial score (nSPS) is 10.3. The van der Waals surface area contributed by atoms with Crippen LogP contribution in [0.5, 0.6) is 0 Å². The maximum atomic E-state index is 12.1. The monoisotopic (exact) mass is 378 g/mol. The smallest absolute Gasteiger partial charge is 0.286 e. The lowest BCUT2D eigenvalue weighted by atomic mass is 10.2. The van der Waals surface area contributed by atoms with Gasteiger partial charge in [-0.2, -0.15) is 0 Å². The predicted molar refractivity (Wildman–Crippen MR) is 90.9 cm³/mol. The van der Waals surface area contributed by atoms with E-state index in [2.05, 4.69) is 21.2 Å². The van der Waals surface area contributed by atoms with Crippen molar-refractivity contribution in [3.63, 3.8) is 0 Å². The van der Waals surface area contributed by atoms with Crippen LogP contribution in [0.15, 0.2) is 51.6 Å². The summed E-state index contributed by atoms with van der Waals surface area (Å²) in [5.41, 5.74) is 1.08. The highest BCUT2D eigenvalue weighted by Crippen LogP contribution is 2.12. The molecule has 0 aliphatic rings. The van der Waals surface area contributed by atoms with Crippen LogP contribution in [-0.4, -0.2) is 30.3 Å². The van der Waals surface area contributed by atoms with Crippen LogP contribution in [0.1, 0.15) is 29.0 Å². The Labute approximate surface area is 143 Å². The number of halogens is 1. The van der Waals surface area contributed by atoms with Crippen LogP contribution in [0, 0.1) is 0 Å². The predicted octanol–water partition coefficient (Wildman–Crippen LogP) is 3.21. The van der Waals surface area contributed by atoms with Crippen LogP contribution in [0.2, 0.25) is 0 Å². The topological polar surface area (TPSA) is 62.6 Å². The van der Waals surface area contributed by atoms with Gasteiger partial charge in [0.1, 0.15) is 0 Å². The number of amides is 2. The summed E-state index contributed by atoms with van der Waals surface area (Å²) in [6, 6.07) is 11.1. The van der Waals surface area contributed by atoms with Gasteiger partial charge < -0.3 is 14.6 Å². The standard InChI is InChI=1S/C17H19BrN2O3/c1-20(12-13-6-8-14(18)9-7-13)16(21)5-2-10-19-17(22)15-4-3-11-23-15/h3-4,6-9,11H,2,5,10,12H2,1H3,(H,19,22). The van der Waals surface area contributed by atoms with Gasteiger partial charge in [0.2, 0.25) is 5.91 Å². The molecular weight excluding hydrogens is 360 g/mol. The van der Waals surface area contributed by atoms with Crippen LogP contribution in [0.3, 0.4) is 0 Å². The molecule has 2 rings (SSSR count). The SMILES string of the molecule is CN(Cc1ccc(Br)cc1)C(=O)CCCNC(=O)c1ccco1. The molecule has 1 N–H and O–H groups in total. The molecule has 0 aliphatic heterocycles. The number of hydrogen-bond acceptors (Lipinski definition) is 3. The van der Waals surface area contributed by atoms with Gasteiger partial charge in [0.15, 0.2) is 5.76 Å². The molecule has 2 aromatic rings. The molecule has 1 aromatic carbocycles. The van der Waals surface area contributed by atoms with Gasteiger partial charge in [-0.25, -0.2) is 0 Å². The van der Waals surface area contributed by atoms with E-state index < -0.39 is 0 Å². The van der Waals surface area contributed by atoms with Crippen molar-refractivity contribution >= 4 is 27.7 Å². The summed E-state index contributed by atoms with van der Waals surface area (Å²) in [6.07, 6.45) is 2.44. The second kappa shape index (κ2) is 8.53. The summed E-state index contributed by atoms with van der Waals surface area (Å²) < 4.78 is 6.01. The lowest BCUT2D eigenvalue weighted by molar-refractivity contribution is -0.130. The fraction of sp³-hybridized carbons (Fsp3) is 0.294. The van der Waals surface area contributed by atoms with Gasteiger partial charge in [-0.15, -0.1) is 0 Å². The quantitative estimate of drug-likeness (QED) is 0.752. The number of rotatable bonds is 7. The Kier molecular flexibility index (Phi) is 6.40. The van der Waals surface area contributed by atoms with Crippen LogP contribution >= 0.6 is 15.9 Å². The third kappa shape index (κ3) is 5.56. The summed E-state index contributed by atoms with van der Waals surface area (Å²) in [4.78, 5) is 25.4. The van der Waals surface area contributed by atoms with Gasteiger partial charge in [0.05, 0.1) is 6.26 Å². The average Bonchev–Trinajstić information content (AvgIpc) is 3.07. The molecular formula is C17H19BrN2O3. The molecule has 5 nitrogen and oxygen atoms in total. The molecule has 0 saturated carbocycles. The molecule has 122 valence electrons. The molecule has 1 heterocycles. The Bertz CT molecular complexity index is 638. The minimum atomic E-state index is -0.259. The van der Waals surface area contributed by atoms with Crippen molar-refractivity contribution in [1.29, 1.82) is 0 Å². The zero-order chi connectivity index (χ0) is 16.7. The number of carbonyl (C=O) groups excluding carboxylic acids is 2. The second-order valence-corrected chi connectivity index (χ2v) is 6.13. The van der Waals surface area contributed by atoms with E-state index in [0.29, 0.717) is 25.9 Å². The van der Waals surface area contributed by atoms with Gasteiger partial charge in [0, 0.05) is 31.0 Å². The molecule has 0 aliphatic carbocycles. The van der Waals surface area contributed by atoms with E-state index in [1.54, 1.807) is 24.1 Å². The van der Waals surface area contributed by atoms with E-state index in [1.165, 1.54) is 6.26 Å². The zero-order valence-electron chi connectivity index (χ0n) is 12.9. The molecule has 0 bridgehead atoms. The largest absolute Gasteiger partial charge is 0.459 e. The Balaban J connectivity index is 1.67. The van der Waals surface area contributed by atoms with E-state index in [1.807, 2.05) is 24.3 Å². The van der Waals surface area contributed by atoms with Crippen LogP contribution < -0.4 is 5.32 Å².